The Morgan fingerprint density at radius 1 is 1.37 bits per heavy atom. The molecule has 1 aliphatic heterocycles. The van der Waals surface area contributed by atoms with Crippen molar-refractivity contribution in [1.29, 1.82) is 0 Å². The minimum Gasteiger partial charge on any atom is -0.293 e. The van der Waals surface area contributed by atoms with Gasteiger partial charge < -0.3 is 0 Å². The predicted molar refractivity (Wildman–Crippen MR) is 73.9 cm³/mol. The number of nitrogens with one attached hydrogen (secondary N) is 1. The summed E-state index contributed by atoms with van der Waals surface area (Å²) in [6.45, 7) is 0.380. The van der Waals surface area contributed by atoms with Gasteiger partial charge in [0.05, 0.1) is 11.2 Å². The summed E-state index contributed by atoms with van der Waals surface area (Å²) in [6.07, 6.45) is 2.17. The van der Waals surface area contributed by atoms with Crippen LogP contribution in [0.25, 0.3) is 10.9 Å². The van der Waals surface area contributed by atoms with Gasteiger partial charge in [-0.3, -0.25) is 19.7 Å². The summed E-state index contributed by atoms with van der Waals surface area (Å²) in [5, 5.41) is 7.54. The zero-order valence-electron chi connectivity index (χ0n) is 10.2. The van der Waals surface area contributed by atoms with E-state index in [1.165, 1.54) is 0 Å². The fraction of sp³-hybridized carbons (Fsp3) is 0.250. The Balaban J connectivity index is 2.13. The van der Waals surface area contributed by atoms with E-state index in [-0.39, 0.29) is 11.9 Å². The summed E-state index contributed by atoms with van der Waals surface area (Å²) in [4.78, 5) is 24.7. The molecule has 0 unspecified atom stereocenters. The molecule has 0 radical (unpaired) electrons. The second-order valence-electron chi connectivity index (χ2n) is 4.42. The van der Waals surface area contributed by atoms with E-state index in [0.717, 1.165) is 21.1 Å². The van der Waals surface area contributed by atoms with Crippen LogP contribution in [0.4, 0.5) is 10.5 Å². The number of amides is 3. The SMILES string of the molecule is Cn1cc2c(N3CCC(=O)NC3=O)cc(Br)cc2n1. The highest BCUT2D eigenvalue weighted by Gasteiger charge is 2.26. The van der Waals surface area contributed by atoms with Gasteiger partial charge in [0.25, 0.3) is 0 Å². The predicted octanol–water partition coefficient (Wildman–Crippen LogP) is 1.78. The molecule has 1 aliphatic rings. The summed E-state index contributed by atoms with van der Waals surface area (Å²) in [5.41, 5.74) is 1.55. The zero-order chi connectivity index (χ0) is 13.6. The number of carbonyl (C=O) groups excluding carboxylic acids is 2. The monoisotopic (exact) mass is 322 g/mol. The summed E-state index contributed by atoms with van der Waals surface area (Å²) in [7, 11) is 1.83. The van der Waals surface area contributed by atoms with Crippen LogP contribution in [0.3, 0.4) is 0 Å². The molecule has 1 saturated heterocycles. The number of imide groups is 1. The van der Waals surface area contributed by atoms with Crippen molar-refractivity contribution < 1.29 is 9.59 Å². The number of urea groups is 1. The van der Waals surface area contributed by atoms with E-state index < -0.39 is 0 Å². The second kappa shape index (κ2) is 4.34. The zero-order valence-corrected chi connectivity index (χ0v) is 11.8. The standard InChI is InChI=1S/C12H11BrN4O2/c1-16-6-8-9(15-16)4-7(13)5-10(8)17-3-2-11(18)14-12(17)19/h4-6H,2-3H2,1H3,(H,14,18,19). The molecule has 98 valence electrons. The van der Waals surface area contributed by atoms with Crippen molar-refractivity contribution in [3.63, 3.8) is 0 Å². The number of fused-ring (bicyclic) bond motifs is 1. The lowest BCUT2D eigenvalue weighted by Gasteiger charge is -2.27. The Morgan fingerprint density at radius 2 is 2.16 bits per heavy atom. The lowest BCUT2D eigenvalue weighted by atomic mass is 10.2. The van der Waals surface area contributed by atoms with Gasteiger partial charge in [-0.05, 0) is 12.1 Å². The number of nitrogens with zero attached hydrogens (tertiary/aromatic N) is 3. The Kier molecular flexibility index (Phi) is 2.78. The molecule has 0 bridgehead atoms. The molecular weight excluding hydrogens is 312 g/mol. The average Bonchev–Trinajstić information content (AvgIpc) is 2.68. The Labute approximate surface area is 117 Å². The molecule has 3 amide bonds. The Hall–Kier alpha value is -1.89. The fourth-order valence-corrected chi connectivity index (χ4v) is 2.64. The van der Waals surface area contributed by atoms with Crippen LogP contribution in [0.2, 0.25) is 0 Å². The molecule has 1 fully saturated rings. The molecule has 2 heterocycles. The minimum atomic E-state index is -0.389. The number of rotatable bonds is 1. The van der Waals surface area contributed by atoms with Crippen LogP contribution in [0, 0.1) is 0 Å². The highest BCUT2D eigenvalue weighted by Crippen LogP contribution is 2.31. The molecular formula is C12H11BrN4O2. The molecule has 1 aromatic heterocycles. The van der Waals surface area contributed by atoms with Crippen molar-refractivity contribution in [3.05, 3.63) is 22.8 Å². The van der Waals surface area contributed by atoms with E-state index in [1.807, 2.05) is 25.4 Å². The Morgan fingerprint density at radius 3 is 2.89 bits per heavy atom. The van der Waals surface area contributed by atoms with Gasteiger partial charge in [0, 0.05) is 36.1 Å². The van der Waals surface area contributed by atoms with Crippen LogP contribution in [0.15, 0.2) is 22.8 Å². The van der Waals surface area contributed by atoms with Crippen molar-refractivity contribution >= 4 is 44.5 Å². The molecule has 0 atom stereocenters. The molecule has 7 heteroatoms. The third-order valence-corrected chi connectivity index (χ3v) is 3.49. The molecule has 0 spiro atoms. The van der Waals surface area contributed by atoms with Crippen LogP contribution in [-0.4, -0.2) is 28.3 Å². The summed E-state index contributed by atoms with van der Waals surface area (Å²) in [5.74, 6) is -0.237. The van der Waals surface area contributed by atoms with Gasteiger partial charge >= 0.3 is 6.03 Å². The maximum Gasteiger partial charge on any atom is 0.328 e. The molecule has 0 aliphatic carbocycles. The van der Waals surface area contributed by atoms with Crippen molar-refractivity contribution in [3.8, 4) is 0 Å². The lowest BCUT2D eigenvalue weighted by Crippen LogP contribution is -2.49. The van der Waals surface area contributed by atoms with Gasteiger partial charge in [-0.25, -0.2) is 4.79 Å². The van der Waals surface area contributed by atoms with Crippen LogP contribution in [0.5, 0.6) is 0 Å². The highest BCUT2D eigenvalue weighted by atomic mass is 79.9. The first-order valence-corrected chi connectivity index (χ1v) is 6.58. The van der Waals surface area contributed by atoms with E-state index in [4.69, 9.17) is 0 Å². The van der Waals surface area contributed by atoms with E-state index in [2.05, 4.69) is 26.3 Å². The average molecular weight is 323 g/mol. The van der Waals surface area contributed by atoms with Crippen LogP contribution < -0.4 is 10.2 Å². The lowest BCUT2D eigenvalue weighted by molar-refractivity contribution is -0.120. The fourth-order valence-electron chi connectivity index (χ4n) is 2.21. The van der Waals surface area contributed by atoms with E-state index in [9.17, 15) is 9.59 Å². The van der Waals surface area contributed by atoms with Gasteiger partial charge in [0.1, 0.15) is 0 Å². The van der Waals surface area contributed by atoms with Crippen molar-refractivity contribution in [2.75, 3.05) is 11.4 Å². The van der Waals surface area contributed by atoms with E-state index >= 15 is 0 Å². The maximum atomic E-state index is 11.9. The number of benzene rings is 1. The van der Waals surface area contributed by atoms with Gasteiger partial charge in [-0.2, -0.15) is 5.10 Å². The van der Waals surface area contributed by atoms with E-state index in [1.54, 1.807) is 9.58 Å². The van der Waals surface area contributed by atoms with Crippen LogP contribution in [-0.2, 0) is 11.8 Å². The Bertz CT molecular complexity index is 694. The van der Waals surface area contributed by atoms with Crippen molar-refractivity contribution in [1.82, 2.24) is 15.1 Å². The van der Waals surface area contributed by atoms with Crippen LogP contribution in [0.1, 0.15) is 6.42 Å². The van der Waals surface area contributed by atoms with E-state index in [0.29, 0.717) is 13.0 Å². The topological polar surface area (TPSA) is 67.2 Å². The highest BCUT2D eigenvalue weighted by molar-refractivity contribution is 9.10. The molecule has 0 saturated carbocycles. The third kappa shape index (κ3) is 2.10. The number of hydrogen-bond acceptors (Lipinski definition) is 3. The molecule has 1 aromatic carbocycles. The molecule has 3 rings (SSSR count). The smallest absolute Gasteiger partial charge is 0.293 e. The maximum absolute atomic E-state index is 11.9. The van der Waals surface area contributed by atoms with Gasteiger partial charge in [-0.1, -0.05) is 15.9 Å². The summed E-state index contributed by atoms with van der Waals surface area (Å²) >= 11 is 3.42. The van der Waals surface area contributed by atoms with Crippen molar-refractivity contribution in [2.24, 2.45) is 7.05 Å². The van der Waals surface area contributed by atoms with Gasteiger partial charge in [-0.15, -0.1) is 0 Å². The molecule has 19 heavy (non-hydrogen) atoms. The normalized spacial score (nSPS) is 16.0. The molecule has 1 N–H and O–H groups in total. The second-order valence-corrected chi connectivity index (χ2v) is 5.33. The number of aromatic nitrogens is 2. The quantitative estimate of drug-likeness (QED) is 0.870. The number of aryl methyl sites for hydroxylation is 1. The summed E-state index contributed by atoms with van der Waals surface area (Å²) in [6, 6.07) is 3.37. The molecule has 6 nitrogen and oxygen atoms in total. The first-order valence-electron chi connectivity index (χ1n) is 5.79. The number of anilines is 1. The van der Waals surface area contributed by atoms with Gasteiger partial charge in [0.2, 0.25) is 5.91 Å². The first kappa shape index (κ1) is 12.2. The first-order chi connectivity index (χ1) is 9.04. The minimum absolute atomic E-state index is 0.237. The largest absolute Gasteiger partial charge is 0.328 e. The number of halogens is 1. The van der Waals surface area contributed by atoms with Gasteiger partial charge in [0.15, 0.2) is 0 Å². The third-order valence-electron chi connectivity index (χ3n) is 3.03. The van der Waals surface area contributed by atoms with Crippen molar-refractivity contribution in [2.45, 2.75) is 6.42 Å². The summed E-state index contributed by atoms with van der Waals surface area (Å²) < 4.78 is 2.55. The number of carbonyl (C=O) groups is 2. The van der Waals surface area contributed by atoms with Crippen LogP contribution >= 0.6 is 15.9 Å². The number of hydrogen-bond donors (Lipinski definition) is 1. The molecule has 2 aromatic rings.